The highest BCUT2D eigenvalue weighted by Gasteiger charge is 2.28. The third-order valence-electron chi connectivity index (χ3n) is 5.28. The molecule has 28 heavy (non-hydrogen) atoms. The number of nitrogens with one attached hydrogen (secondary N) is 1. The predicted octanol–water partition coefficient (Wildman–Crippen LogP) is 2.43. The molecule has 146 valence electrons. The number of aromatic nitrogens is 2. The van der Waals surface area contributed by atoms with Gasteiger partial charge in [0.25, 0.3) is 0 Å². The maximum absolute atomic E-state index is 12.2. The molecule has 4 rings (SSSR count). The molecule has 0 bridgehead atoms. The topological polar surface area (TPSA) is 84.4 Å². The fourth-order valence-electron chi connectivity index (χ4n) is 3.87. The van der Waals surface area contributed by atoms with E-state index >= 15 is 0 Å². The maximum Gasteiger partial charge on any atom is 0.407 e. The molecule has 7 nitrogen and oxygen atoms in total. The highest BCUT2D eigenvalue weighted by atomic mass is 16.5. The van der Waals surface area contributed by atoms with Gasteiger partial charge in [0.05, 0.1) is 0 Å². The van der Waals surface area contributed by atoms with E-state index in [1.807, 2.05) is 30.3 Å². The van der Waals surface area contributed by atoms with Crippen molar-refractivity contribution >= 4 is 17.7 Å². The summed E-state index contributed by atoms with van der Waals surface area (Å²) in [6, 6.07) is 9.61. The van der Waals surface area contributed by atoms with Gasteiger partial charge in [0.15, 0.2) is 0 Å². The monoisotopic (exact) mass is 380 g/mol. The molecule has 0 radical (unpaired) electrons. The van der Waals surface area contributed by atoms with Gasteiger partial charge in [0.1, 0.15) is 24.5 Å². The molecule has 0 saturated carbocycles. The van der Waals surface area contributed by atoms with Crippen LogP contribution in [0.2, 0.25) is 0 Å². The number of ketones is 1. The van der Waals surface area contributed by atoms with Gasteiger partial charge in [0.2, 0.25) is 0 Å². The summed E-state index contributed by atoms with van der Waals surface area (Å²) < 4.78 is 5.34. The third-order valence-corrected chi connectivity index (χ3v) is 5.28. The standard InChI is InChI=1S/C21H24N4O3/c26-17-8-9-19-18(11-17)20(23-14-22-19)25-10-4-7-16(12-25)24-21(27)28-13-15-5-2-1-3-6-15/h1-3,5-6,14,16H,4,7-13H2,(H,24,27)/t16-/m1/s1. The van der Waals surface area contributed by atoms with Crippen LogP contribution in [0.4, 0.5) is 10.6 Å². The first-order valence-electron chi connectivity index (χ1n) is 9.75. The van der Waals surface area contributed by atoms with Crippen molar-refractivity contribution in [2.45, 2.75) is 44.8 Å². The van der Waals surface area contributed by atoms with Gasteiger partial charge in [-0.1, -0.05) is 30.3 Å². The number of carbonyl (C=O) groups is 2. The molecular formula is C21H24N4O3. The average Bonchev–Trinajstić information content (AvgIpc) is 2.73. The molecule has 0 unspecified atom stereocenters. The summed E-state index contributed by atoms with van der Waals surface area (Å²) in [5.74, 6) is 1.07. The Morgan fingerprint density at radius 2 is 2.07 bits per heavy atom. The predicted molar refractivity (Wildman–Crippen MR) is 104 cm³/mol. The van der Waals surface area contributed by atoms with Crippen molar-refractivity contribution in [2.75, 3.05) is 18.0 Å². The number of Topliss-reactive ketones (excluding diaryl/α,β-unsaturated/α-hetero) is 1. The smallest absolute Gasteiger partial charge is 0.407 e. The maximum atomic E-state index is 12.2. The second-order valence-electron chi connectivity index (χ2n) is 7.33. The minimum Gasteiger partial charge on any atom is -0.445 e. The Balaban J connectivity index is 1.37. The summed E-state index contributed by atoms with van der Waals surface area (Å²) in [7, 11) is 0. The van der Waals surface area contributed by atoms with Crippen LogP contribution in [0.15, 0.2) is 36.7 Å². The van der Waals surface area contributed by atoms with Crippen molar-refractivity contribution in [2.24, 2.45) is 0 Å². The number of benzene rings is 1. The number of aryl methyl sites for hydroxylation is 1. The Morgan fingerprint density at radius 1 is 1.21 bits per heavy atom. The van der Waals surface area contributed by atoms with Crippen molar-refractivity contribution < 1.29 is 14.3 Å². The van der Waals surface area contributed by atoms with Crippen LogP contribution in [-0.4, -0.2) is 41.0 Å². The van der Waals surface area contributed by atoms with E-state index in [0.29, 0.717) is 25.8 Å². The second-order valence-corrected chi connectivity index (χ2v) is 7.33. The van der Waals surface area contributed by atoms with Crippen molar-refractivity contribution in [3.8, 4) is 0 Å². The molecule has 7 heteroatoms. The number of nitrogens with zero attached hydrogens (tertiary/aromatic N) is 3. The lowest BCUT2D eigenvalue weighted by molar-refractivity contribution is -0.118. The van der Waals surface area contributed by atoms with Crippen molar-refractivity contribution in [1.82, 2.24) is 15.3 Å². The molecular weight excluding hydrogens is 356 g/mol. The summed E-state index contributed by atoms with van der Waals surface area (Å²) >= 11 is 0. The number of piperidine rings is 1. The number of amides is 1. The Hall–Kier alpha value is -2.96. The van der Waals surface area contributed by atoms with Crippen LogP contribution in [-0.2, 0) is 29.0 Å². The fraction of sp³-hybridized carbons (Fsp3) is 0.429. The van der Waals surface area contributed by atoms with Gasteiger partial charge in [-0.3, -0.25) is 4.79 Å². The highest BCUT2D eigenvalue weighted by Crippen LogP contribution is 2.27. The minimum atomic E-state index is -0.407. The molecule has 1 saturated heterocycles. The van der Waals surface area contributed by atoms with Gasteiger partial charge < -0.3 is 15.0 Å². The molecule has 1 N–H and O–H groups in total. The lowest BCUT2D eigenvalue weighted by Crippen LogP contribution is -2.48. The zero-order valence-corrected chi connectivity index (χ0v) is 15.8. The fourth-order valence-corrected chi connectivity index (χ4v) is 3.87. The van der Waals surface area contributed by atoms with Gasteiger partial charge in [-0.15, -0.1) is 0 Å². The summed E-state index contributed by atoms with van der Waals surface area (Å²) in [6.07, 6.45) is 4.65. The first-order valence-corrected chi connectivity index (χ1v) is 9.75. The molecule has 2 aliphatic rings. The van der Waals surface area contributed by atoms with Crippen molar-refractivity contribution in [3.05, 3.63) is 53.5 Å². The van der Waals surface area contributed by atoms with Crippen LogP contribution in [0.5, 0.6) is 0 Å². The molecule has 0 spiro atoms. The van der Waals surface area contributed by atoms with Crippen LogP contribution in [0.3, 0.4) is 0 Å². The van der Waals surface area contributed by atoms with E-state index in [0.717, 1.165) is 42.0 Å². The summed E-state index contributed by atoms with van der Waals surface area (Å²) in [6.45, 7) is 1.76. The van der Waals surface area contributed by atoms with Gasteiger partial charge in [-0.05, 0) is 24.8 Å². The first kappa shape index (κ1) is 18.4. The molecule has 1 aromatic carbocycles. The van der Waals surface area contributed by atoms with E-state index in [2.05, 4.69) is 20.2 Å². The molecule has 1 amide bonds. The van der Waals surface area contributed by atoms with E-state index in [-0.39, 0.29) is 18.4 Å². The zero-order valence-electron chi connectivity index (χ0n) is 15.8. The Morgan fingerprint density at radius 3 is 2.93 bits per heavy atom. The lowest BCUT2D eigenvalue weighted by atomic mass is 9.94. The van der Waals surface area contributed by atoms with Crippen LogP contribution >= 0.6 is 0 Å². The lowest BCUT2D eigenvalue weighted by Gasteiger charge is -2.35. The zero-order chi connectivity index (χ0) is 19.3. The normalized spacial score (nSPS) is 19.1. The van der Waals surface area contributed by atoms with E-state index in [1.54, 1.807) is 6.33 Å². The van der Waals surface area contributed by atoms with E-state index < -0.39 is 6.09 Å². The van der Waals surface area contributed by atoms with Crippen molar-refractivity contribution in [3.63, 3.8) is 0 Å². The average molecular weight is 380 g/mol. The van der Waals surface area contributed by atoms with Gasteiger partial charge in [0, 0.05) is 43.2 Å². The number of rotatable bonds is 4. The molecule has 1 atom stereocenters. The van der Waals surface area contributed by atoms with E-state index in [4.69, 9.17) is 4.74 Å². The minimum absolute atomic E-state index is 0.0121. The first-order chi connectivity index (χ1) is 13.7. The quantitative estimate of drug-likeness (QED) is 0.877. The van der Waals surface area contributed by atoms with E-state index in [9.17, 15) is 9.59 Å². The Bertz CT molecular complexity index is 856. The molecule has 1 aliphatic heterocycles. The van der Waals surface area contributed by atoms with Gasteiger partial charge >= 0.3 is 6.09 Å². The van der Waals surface area contributed by atoms with Gasteiger partial charge in [-0.25, -0.2) is 14.8 Å². The number of hydrogen-bond donors (Lipinski definition) is 1. The molecule has 1 fully saturated rings. The third kappa shape index (κ3) is 4.30. The number of alkyl carbamates (subject to hydrolysis) is 1. The van der Waals surface area contributed by atoms with Crippen molar-refractivity contribution in [1.29, 1.82) is 0 Å². The molecule has 2 aromatic rings. The number of ether oxygens (including phenoxy) is 1. The van der Waals surface area contributed by atoms with Crippen LogP contribution in [0.25, 0.3) is 0 Å². The largest absolute Gasteiger partial charge is 0.445 e. The van der Waals surface area contributed by atoms with Crippen LogP contribution in [0.1, 0.15) is 36.1 Å². The second kappa shape index (κ2) is 8.37. The number of carbonyl (C=O) groups excluding carboxylic acids is 2. The number of fused-ring (bicyclic) bond motifs is 1. The molecule has 1 aromatic heterocycles. The molecule has 2 heterocycles. The van der Waals surface area contributed by atoms with Crippen LogP contribution in [0, 0.1) is 0 Å². The summed E-state index contributed by atoms with van der Waals surface area (Å²) in [4.78, 5) is 35.1. The summed E-state index contributed by atoms with van der Waals surface area (Å²) in [5.41, 5.74) is 2.88. The van der Waals surface area contributed by atoms with Crippen LogP contribution < -0.4 is 10.2 Å². The SMILES string of the molecule is O=C1CCc2ncnc(N3CCC[C@@H](NC(=O)OCc4ccccc4)C3)c2C1. The van der Waals surface area contributed by atoms with Gasteiger partial charge in [-0.2, -0.15) is 0 Å². The summed E-state index contributed by atoms with van der Waals surface area (Å²) in [5, 5.41) is 2.96. The Labute approximate surface area is 164 Å². The number of anilines is 1. The highest BCUT2D eigenvalue weighted by molar-refractivity contribution is 5.84. The number of hydrogen-bond acceptors (Lipinski definition) is 6. The molecule has 1 aliphatic carbocycles. The van der Waals surface area contributed by atoms with E-state index in [1.165, 1.54) is 0 Å². The Kier molecular flexibility index (Phi) is 5.50.